The van der Waals surface area contributed by atoms with Gasteiger partial charge in [-0.2, -0.15) is 0 Å². The normalized spacial score (nSPS) is 10.7. The first-order chi connectivity index (χ1) is 17.3. The molecule has 4 aromatic rings. The van der Waals surface area contributed by atoms with E-state index in [0.717, 1.165) is 24.8 Å². The first-order valence-corrected chi connectivity index (χ1v) is 11.1. The third kappa shape index (κ3) is 5.12. The summed E-state index contributed by atoms with van der Waals surface area (Å²) < 4.78 is 40.0. The number of carbonyl (C=O) groups is 2. The molecule has 0 saturated heterocycles. The Morgan fingerprint density at radius 2 is 1.58 bits per heavy atom. The van der Waals surface area contributed by atoms with Crippen LogP contribution in [0.5, 0.6) is 5.75 Å². The van der Waals surface area contributed by atoms with E-state index in [9.17, 15) is 18.4 Å². The van der Waals surface area contributed by atoms with Gasteiger partial charge in [-0.3, -0.25) is 4.79 Å². The van der Waals surface area contributed by atoms with Crippen molar-refractivity contribution in [1.29, 1.82) is 0 Å². The molecular weight excluding hydrogens is 466 g/mol. The predicted octanol–water partition coefficient (Wildman–Crippen LogP) is 5.90. The number of anilines is 1. The zero-order chi connectivity index (χ0) is 25.8. The van der Waals surface area contributed by atoms with E-state index in [1.165, 1.54) is 6.07 Å². The van der Waals surface area contributed by atoms with Gasteiger partial charge in [0.05, 0.1) is 18.2 Å². The molecule has 3 aromatic carbocycles. The molecule has 8 heteroatoms. The number of nitrogens with one attached hydrogen (secondary N) is 1. The zero-order valence-corrected chi connectivity index (χ0v) is 20.0. The minimum absolute atomic E-state index is 0.116. The van der Waals surface area contributed by atoms with Gasteiger partial charge in [0.15, 0.2) is 11.6 Å². The van der Waals surface area contributed by atoms with Crippen molar-refractivity contribution in [1.82, 2.24) is 4.57 Å². The molecular formula is C28H24F2N2O4. The Labute approximate surface area is 207 Å². The highest BCUT2D eigenvalue weighted by atomic mass is 19.2. The number of aromatic nitrogens is 1. The largest absolute Gasteiger partial charge is 0.489 e. The number of esters is 1. The fraction of sp³-hybridized carbons (Fsp3) is 0.143. The molecule has 4 rings (SSSR count). The SMILES string of the molecule is COC(=O)c1cc(F)c(F)cc1-c1cc(C(=O)Nc2ccc(OCc3ccccc3)cc2)c(C)n1C. The molecule has 0 fully saturated rings. The lowest BCUT2D eigenvalue weighted by Gasteiger charge is -2.11. The minimum atomic E-state index is -1.17. The summed E-state index contributed by atoms with van der Waals surface area (Å²) in [6, 6.07) is 20.0. The van der Waals surface area contributed by atoms with Crippen LogP contribution in [0.4, 0.5) is 14.5 Å². The number of halogens is 2. The average molecular weight is 491 g/mol. The van der Waals surface area contributed by atoms with E-state index in [0.29, 0.717) is 35.0 Å². The van der Waals surface area contributed by atoms with Crippen LogP contribution in [0.1, 0.15) is 32.0 Å². The number of nitrogens with zero attached hydrogens (tertiary/aromatic N) is 1. The number of ether oxygens (including phenoxy) is 2. The van der Waals surface area contributed by atoms with Crippen LogP contribution in [0.15, 0.2) is 72.8 Å². The summed E-state index contributed by atoms with van der Waals surface area (Å²) in [5, 5.41) is 2.83. The minimum Gasteiger partial charge on any atom is -0.489 e. The molecule has 0 bridgehead atoms. The Morgan fingerprint density at radius 1 is 0.917 bits per heavy atom. The van der Waals surface area contributed by atoms with Crippen LogP contribution in [-0.2, 0) is 18.4 Å². The monoisotopic (exact) mass is 490 g/mol. The van der Waals surface area contributed by atoms with Gasteiger partial charge in [0, 0.05) is 29.7 Å². The van der Waals surface area contributed by atoms with Gasteiger partial charge in [0.25, 0.3) is 5.91 Å². The molecule has 184 valence electrons. The van der Waals surface area contributed by atoms with Crippen molar-refractivity contribution in [2.45, 2.75) is 13.5 Å². The van der Waals surface area contributed by atoms with Crippen LogP contribution in [0, 0.1) is 18.6 Å². The maximum absolute atomic E-state index is 14.1. The third-order valence-electron chi connectivity index (χ3n) is 5.88. The van der Waals surface area contributed by atoms with Crippen LogP contribution >= 0.6 is 0 Å². The number of hydrogen-bond acceptors (Lipinski definition) is 4. The molecule has 0 spiro atoms. The highest BCUT2D eigenvalue weighted by Gasteiger charge is 2.23. The topological polar surface area (TPSA) is 69.6 Å². The Hall–Kier alpha value is -4.46. The van der Waals surface area contributed by atoms with Crippen molar-refractivity contribution in [3.63, 3.8) is 0 Å². The fourth-order valence-electron chi connectivity index (χ4n) is 3.80. The molecule has 36 heavy (non-hydrogen) atoms. The number of rotatable bonds is 7. The lowest BCUT2D eigenvalue weighted by atomic mass is 10.0. The average Bonchev–Trinajstić information content (AvgIpc) is 3.19. The van der Waals surface area contributed by atoms with Crippen LogP contribution in [0.3, 0.4) is 0 Å². The van der Waals surface area contributed by atoms with Crippen molar-refractivity contribution in [2.75, 3.05) is 12.4 Å². The Kier molecular flexibility index (Phi) is 7.15. The number of hydrogen-bond donors (Lipinski definition) is 1. The molecule has 6 nitrogen and oxygen atoms in total. The summed E-state index contributed by atoms with van der Waals surface area (Å²) in [7, 11) is 2.82. The number of methoxy groups -OCH3 is 1. The molecule has 1 aromatic heterocycles. The van der Waals surface area contributed by atoms with E-state index in [-0.39, 0.29) is 11.1 Å². The quantitative estimate of drug-likeness (QED) is 0.328. The van der Waals surface area contributed by atoms with Crippen molar-refractivity contribution in [2.24, 2.45) is 7.05 Å². The summed E-state index contributed by atoms with van der Waals surface area (Å²) >= 11 is 0. The second kappa shape index (κ2) is 10.4. The van der Waals surface area contributed by atoms with Gasteiger partial charge in [-0.1, -0.05) is 30.3 Å². The molecule has 1 N–H and O–H groups in total. The highest BCUT2D eigenvalue weighted by Crippen LogP contribution is 2.31. The van der Waals surface area contributed by atoms with E-state index >= 15 is 0 Å². The van der Waals surface area contributed by atoms with E-state index in [4.69, 9.17) is 9.47 Å². The number of amides is 1. The van der Waals surface area contributed by atoms with E-state index in [1.807, 2.05) is 30.3 Å². The zero-order valence-electron chi connectivity index (χ0n) is 20.0. The van der Waals surface area contributed by atoms with Crippen molar-refractivity contribution >= 4 is 17.6 Å². The smallest absolute Gasteiger partial charge is 0.338 e. The third-order valence-corrected chi connectivity index (χ3v) is 5.88. The molecule has 0 unspecified atom stereocenters. The summed E-state index contributed by atoms with van der Waals surface area (Å²) in [6.45, 7) is 2.15. The highest BCUT2D eigenvalue weighted by molar-refractivity contribution is 6.06. The summed E-state index contributed by atoms with van der Waals surface area (Å²) in [6.07, 6.45) is 0. The van der Waals surface area contributed by atoms with Gasteiger partial charge in [-0.15, -0.1) is 0 Å². The van der Waals surface area contributed by atoms with Crippen LogP contribution in [-0.4, -0.2) is 23.6 Å². The van der Waals surface area contributed by atoms with Gasteiger partial charge in [-0.05, 0) is 55.0 Å². The molecule has 0 aliphatic rings. The van der Waals surface area contributed by atoms with Crippen molar-refractivity contribution < 1.29 is 27.8 Å². The summed E-state index contributed by atoms with van der Waals surface area (Å²) in [5.41, 5.74) is 2.83. The molecule has 1 amide bonds. The lowest BCUT2D eigenvalue weighted by molar-refractivity contribution is 0.0600. The van der Waals surface area contributed by atoms with Gasteiger partial charge < -0.3 is 19.4 Å². The Balaban J connectivity index is 1.54. The Bertz CT molecular complexity index is 1410. The van der Waals surface area contributed by atoms with Crippen molar-refractivity contribution in [3.8, 4) is 17.0 Å². The van der Waals surface area contributed by atoms with E-state index in [1.54, 1.807) is 42.8 Å². The predicted molar refractivity (Wildman–Crippen MR) is 132 cm³/mol. The van der Waals surface area contributed by atoms with Crippen LogP contribution < -0.4 is 10.1 Å². The van der Waals surface area contributed by atoms with Gasteiger partial charge in [-0.25, -0.2) is 13.6 Å². The van der Waals surface area contributed by atoms with Gasteiger partial charge in [0.1, 0.15) is 12.4 Å². The van der Waals surface area contributed by atoms with E-state index in [2.05, 4.69) is 5.32 Å². The van der Waals surface area contributed by atoms with E-state index < -0.39 is 23.5 Å². The van der Waals surface area contributed by atoms with Crippen LogP contribution in [0.2, 0.25) is 0 Å². The standard InChI is InChI=1S/C28H24F2N2O4/c1-17-21(15-26(32(17)2)22-13-24(29)25(30)14-23(22)28(34)35-3)27(33)31-19-9-11-20(12-10-19)36-16-18-7-5-4-6-8-18/h4-15H,16H2,1-3H3,(H,31,33). The van der Waals surface area contributed by atoms with Crippen LogP contribution in [0.25, 0.3) is 11.3 Å². The maximum Gasteiger partial charge on any atom is 0.338 e. The first kappa shape index (κ1) is 24.7. The number of carbonyl (C=O) groups excluding carboxylic acids is 2. The summed E-state index contributed by atoms with van der Waals surface area (Å²) in [5.74, 6) is -2.84. The molecule has 0 saturated carbocycles. The second-order valence-corrected chi connectivity index (χ2v) is 8.14. The molecule has 0 aliphatic heterocycles. The molecule has 0 aliphatic carbocycles. The van der Waals surface area contributed by atoms with Gasteiger partial charge in [0.2, 0.25) is 0 Å². The van der Waals surface area contributed by atoms with Crippen molar-refractivity contribution in [3.05, 3.63) is 107 Å². The maximum atomic E-state index is 14.1. The lowest BCUT2D eigenvalue weighted by Crippen LogP contribution is -2.12. The molecule has 0 atom stereocenters. The fourth-order valence-corrected chi connectivity index (χ4v) is 3.80. The Morgan fingerprint density at radius 3 is 2.25 bits per heavy atom. The molecule has 1 heterocycles. The van der Waals surface area contributed by atoms with Gasteiger partial charge >= 0.3 is 5.97 Å². The molecule has 0 radical (unpaired) electrons. The summed E-state index contributed by atoms with van der Waals surface area (Å²) in [4.78, 5) is 25.2. The second-order valence-electron chi connectivity index (χ2n) is 8.14. The first-order valence-electron chi connectivity index (χ1n) is 11.1. The number of benzene rings is 3.